The van der Waals surface area contributed by atoms with Crippen molar-refractivity contribution >= 4 is 44.9 Å². The first-order valence-electron chi connectivity index (χ1n) is 11.7. The molecule has 0 radical (unpaired) electrons. The Kier molecular flexibility index (Phi) is 9.49. The van der Waals surface area contributed by atoms with E-state index in [4.69, 9.17) is 16.3 Å². The number of sulfonamides is 1. The van der Waals surface area contributed by atoms with Crippen LogP contribution in [0.25, 0.3) is 0 Å². The van der Waals surface area contributed by atoms with E-state index in [9.17, 15) is 18.0 Å². The Morgan fingerprint density at radius 2 is 1.76 bits per heavy atom. The summed E-state index contributed by atoms with van der Waals surface area (Å²) in [6.45, 7) is 7.22. The molecular formula is C28H29ClN2O5S. The topological polar surface area (TPSA) is 92.8 Å². The first-order valence-corrected chi connectivity index (χ1v) is 13.5. The van der Waals surface area contributed by atoms with Gasteiger partial charge in [0, 0.05) is 5.69 Å². The van der Waals surface area contributed by atoms with E-state index in [1.165, 1.54) is 22.5 Å². The van der Waals surface area contributed by atoms with E-state index in [2.05, 4.69) is 25.7 Å². The minimum absolute atomic E-state index is 0.00135. The number of benzene rings is 3. The number of para-hydroxylation sites is 2. The van der Waals surface area contributed by atoms with Gasteiger partial charge in [0.15, 0.2) is 6.61 Å². The largest absolute Gasteiger partial charge is 0.452 e. The Morgan fingerprint density at radius 1 is 1.08 bits per heavy atom. The molecule has 0 saturated heterocycles. The number of rotatable bonds is 11. The Labute approximate surface area is 222 Å². The zero-order chi connectivity index (χ0) is 27.0. The summed E-state index contributed by atoms with van der Waals surface area (Å²) in [5.41, 5.74) is 1.90. The van der Waals surface area contributed by atoms with Crippen LogP contribution < -0.4 is 9.62 Å². The molecule has 1 amide bonds. The average molecular weight is 541 g/mol. The van der Waals surface area contributed by atoms with E-state index < -0.39 is 28.5 Å². The third-order valence-electron chi connectivity index (χ3n) is 5.80. The van der Waals surface area contributed by atoms with Crippen molar-refractivity contribution < 1.29 is 22.7 Å². The molecule has 37 heavy (non-hydrogen) atoms. The van der Waals surface area contributed by atoms with Crippen molar-refractivity contribution in [1.82, 2.24) is 0 Å². The molecule has 0 unspecified atom stereocenters. The van der Waals surface area contributed by atoms with Crippen LogP contribution in [-0.2, 0) is 19.6 Å². The predicted molar refractivity (Wildman–Crippen MR) is 147 cm³/mol. The zero-order valence-corrected chi connectivity index (χ0v) is 22.3. The molecule has 3 aromatic carbocycles. The third-order valence-corrected chi connectivity index (χ3v) is 7.92. The van der Waals surface area contributed by atoms with E-state index >= 15 is 0 Å². The van der Waals surface area contributed by atoms with Crippen LogP contribution in [-0.4, -0.2) is 33.4 Å². The maximum Gasteiger partial charge on any atom is 0.340 e. The smallest absolute Gasteiger partial charge is 0.340 e. The molecule has 0 aliphatic carbocycles. The van der Waals surface area contributed by atoms with Gasteiger partial charge in [0.1, 0.15) is 0 Å². The Morgan fingerprint density at radius 3 is 2.43 bits per heavy atom. The van der Waals surface area contributed by atoms with Gasteiger partial charge >= 0.3 is 5.97 Å². The molecular weight excluding hydrogens is 512 g/mol. The summed E-state index contributed by atoms with van der Waals surface area (Å²) < 4.78 is 33.2. The summed E-state index contributed by atoms with van der Waals surface area (Å²) in [4.78, 5) is 25.1. The molecule has 0 aliphatic rings. The average Bonchev–Trinajstić information content (AvgIpc) is 2.90. The fourth-order valence-electron chi connectivity index (χ4n) is 3.66. The second-order valence-electron chi connectivity index (χ2n) is 8.32. The number of halogens is 1. The van der Waals surface area contributed by atoms with Crippen molar-refractivity contribution in [1.29, 1.82) is 0 Å². The molecule has 3 aromatic rings. The number of hydrogen-bond donors (Lipinski definition) is 1. The van der Waals surface area contributed by atoms with Crippen LogP contribution in [0.5, 0.6) is 0 Å². The van der Waals surface area contributed by atoms with Gasteiger partial charge in [0.05, 0.1) is 27.7 Å². The van der Waals surface area contributed by atoms with Gasteiger partial charge < -0.3 is 10.1 Å². The lowest BCUT2D eigenvalue weighted by molar-refractivity contribution is -0.119. The van der Waals surface area contributed by atoms with Crippen molar-refractivity contribution in [2.75, 3.05) is 22.8 Å². The van der Waals surface area contributed by atoms with Crippen LogP contribution in [0.15, 0.2) is 90.3 Å². The minimum atomic E-state index is -4.06. The molecule has 0 heterocycles. The van der Waals surface area contributed by atoms with Crippen LogP contribution in [0, 0.1) is 0 Å². The Bertz CT molecular complexity index is 1380. The second kappa shape index (κ2) is 12.6. The fraction of sp³-hybridized carbons (Fsp3) is 0.214. The van der Waals surface area contributed by atoms with Gasteiger partial charge in [-0.3, -0.25) is 9.10 Å². The van der Waals surface area contributed by atoms with Crippen LogP contribution in [0.3, 0.4) is 0 Å². The minimum Gasteiger partial charge on any atom is -0.452 e. The molecule has 0 fully saturated rings. The van der Waals surface area contributed by atoms with Gasteiger partial charge in [-0.15, -0.1) is 6.58 Å². The van der Waals surface area contributed by atoms with Gasteiger partial charge in [-0.1, -0.05) is 67.9 Å². The first-order chi connectivity index (χ1) is 17.7. The fourth-order valence-corrected chi connectivity index (χ4v) is 5.31. The summed E-state index contributed by atoms with van der Waals surface area (Å²) in [5.74, 6) is -1.20. The third kappa shape index (κ3) is 6.78. The van der Waals surface area contributed by atoms with E-state index in [1.807, 2.05) is 18.2 Å². The highest BCUT2D eigenvalue weighted by Crippen LogP contribution is 2.28. The van der Waals surface area contributed by atoms with Gasteiger partial charge in [-0.2, -0.15) is 0 Å². The predicted octanol–water partition coefficient (Wildman–Crippen LogP) is 6.03. The summed E-state index contributed by atoms with van der Waals surface area (Å²) in [5, 5.41) is 2.77. The number of esters is 1. The monoisotopic (exact) mass is 540 g/mol. The second-order valence-corrected chi connectivity index (χ2v) is 10.6. The summed E-state index contributed by atoms with van der Waals surface area (Å²) in [7, 11) is -4.06. The number of carbonyl (C=O) groups excluding carboxylic acids is 2. The van der Waals surface area contributed by atoms with Crippen LogP contribution >= 0.6 is 11.6 Å². The number of carbonyl (C=O) groups is 2. The summed E-state index contributed by atoms with van der Waals surface area (Å²) >= 11 is 6.19. The number of nitrogens with one attached hydrogen (secondary N) is 1. The number of amides is 1. The highest BCUT2D eigenvalue weighted by molar-refractivity contribution is 7.92. The van der Waals surface area contributed by atoms with E-state index in [0.717, 1.165) is 18.1 Å². The van der Waals surface area contributed by atoms with E-state index in [0.29, 0.717) is 11.4 Å². The zero-order valence-electron chi connectivity index (χ0n) is 20.7. The lowest BCUT2D eigenvalue weighted by Crippen LogP contribution is -2.31. The highest BCUT2D eigenvalue weighted by Gasteiger charge is 2.26. The Hall–Kier alpha value is -3.62. The molecule has 9 heteroatoms. The molecule has 0 spiro atoms. The number of ether oxygens (including phenoxy) is 1. The molecule has 0 bridgehead atoms. The quantitative estimate of drug-likeness (QED) is 0.237. The maximum absolute atomic E-state index is 13.4. The lowest BCUT2D eigenvalue weighted by Gasteiger charge is -2.23. The van der Waals surface area contributed by atoms with E-state index in [1.54, 1.807) is 36.4 Å². The van der Waals surface area contributed by atoms with Crippen molar-refractivity contribution in [2.24, 2.45) is 0 Å². The summed E-state index contributed by atoms with van der Waals surface area (Å²) in [6.07, 6.45) is 2.36. The molecule has 0 aliphatic heterocycles. The molecule has 0 aromatic heterocycles. The molecule has 3 rings (SSSR count). The van der Waals surface area contributed by atoms with Gasteiger partial charge in [-0.05, 0) is 54.3 Å². The van der Waals surface area contributed by atoms with Gasteiger partial charge in [-0.25, -0.2) is 13.2 Å². The molecule has 194 valence electrons. The van der Waals surface area contributed by atoms with Gasteiger partial charge in [0.25, 0.3) is 15.9 Å². The van der Waals surface area contributed by atoms with Crippen molar-refractivity contribution in [3.63, 3.8) is 0 Å². The standard InChI is InChI=1S/C28H29ClN2O5S/c1-4-17-31(21-11-7-6-8-12-21)37(34,35)22-15-16-25(29)24(18-22)28(33)36-19-27(32)30-26-14-10-9-13-23(26)20(3)5-2/h4,6-16,18,20H,1,5,17,19H2,2-3H3,(H,30,32)/t20-/m0/s1. The van der Waals surface area contributed by atoms with Crippen molar-refractivity contribution in [2.45, 2.75) is 31.1 Å². The first kappa shape index (κ1) is 28.0. The normalized spacial score (nSPS) is 11.9. The molecule has 1 N–H and O–H groups in total. The number of hydrogen-bond acceptors (Lipinski definition) is 5. The molecule has 7 nitrogen and oxygen atoms in total. The number of nitrogens with zero attached hydrogens (tertiary/aromatic N) is 1. The van der Waals surface area contributed by atoms with Gasteiger partial charge in [0.2, 0.25) is 0 Å². The van der Waals surface area contributed by atoms with Crippen LogP contribution in [0.2, 0.25) is 5.02 Å². The van der Waals surface area contributed by atoms with Crippen LogP contribution in [0.4, 0.5) is 11.4 Å². The molecule has 1 atom stereocenters. The maximum atomic E-state index is 13.4. The van der Waals surface area contributed by atoms with Crippen molar-refractivity contribution in [3.8, 4) is 0 Å². The van der Waals surface area contributed by atoms with E-state index in [-0.39, 0.29) is 27.9 Å². The van der Waals surface area contributed by atoms with Crippen LogP contribution in [0.1, 0.15) is 42.1 Å². The SMILES string of the molecule is C=CCN(c1ccccc1)S(=O)(=O)c1ccc(Cl)c(C(=O)OCC(=O)Nc2ccccc2[C@@H](C)CC)c1. The van der Waals surface area contributed by atoms with Crippen molar-refractivity contribution in [3.05, 3.63) is 102 Å². The molecule has 0 saturated carbocycles. The summed E-state index contributed by atoms with van der Waals surface area (Å²) in [6, 6.07) is 19.7. The number of anilines is 2. The Balaban J connectivity index is 1.77. The highest BCUT2D eigenvalue weighted by atomic mass is 35.5. The lowest BCUT2D eigenvalue weighted by atomic mass is 9.97.